The van der Waals surface area contributed by atoms with Crippen molar-refractivity contribution in [2.45, 2.75) is 40.4 Å². The van der Waals surface area contributed by atoms with Crippen LogP contribution in [0.4, 0.5) is 0 Å². The van der Waals surface area contributed by atoms with Gasteiger partial charge in [0.15, 0.2) is 5.88 Å². The van der Waals surface area contributed by atoms with Crippen molar-refractivity contribution >= 4 is 14.5 Å². The largest absolute Gasteiger partial charge is 0.532 e. The molecule has 0 aliphatic heterocycles. The summed E-state index contributed by atoms with van der Waals surface area (Å²) in [5, 5.41) is 0. The standard InChI is InChI=1S/C15H22NOSi.V/c1-11-8-12(2)15(13(3)9-11)10-16-14(4)17-18(5,6)7;/h8,10H,4H2,1-3,5-7H3;/q-1;/b16-10+;. The molecular weight excluding hydrogens is 289 g/mol. The average molecular weight is 311 g/mol. The van der Waals surface area contributed by atoms with Gasteiger partial charge in [-0.2, -0.15) is 28.8 Å². The number of aryl methyl sites for hydroxylation is 3. The molecule has 1 aromatic carbocycles. The Hall–Kier alpha value is -0.769. The van der Waals surface area contributed by atoms with E-state index >= 15 is 0 Å². The topological polar surface area (TPSA) is 21.6 Å². The molecule has 0 bridgehead atoms. The zero-order valence-electron chi connectivity index (χ0n) is 12.7. The zero-order valence-corrected chi connectivity index (χ0v) is 15.1. The van der Waals surface area contributed by atoms with Gasteiger partial charge in [0.05, 0.1) is 0 Å². The summed E-state index contributed by atoms with van der Waals surface area (Å²) in [5.41, 5.74) is 4.56. The first-order valence-corrected chi connectivity index (χ1v) is 9.52. The van der Waals surface area contributed by atoms with Crippen molar-refractivity contribution in [2.75, 3.05) is 0 Å². The summed E-state index contributed by atoms with van der Waals surface area (Å²) >= 11 is 0. The molecular formula is C15H22NOSiV-. The summed E-state index contributed by atoms with van der Waals surface area (Å²) in [6, 6.07) is 5.41. The maximum Gasteiger partial charge on any atom is 0.244 e. The minimum absolute atomic E-state index is 0. The fraction of sp³-hybridized carbons (Fsp3) is 0.400. The molecule has 0 saturated heterocycles. The molecule has 103 valence electrons. The monoisotopic (exact) mass is 311 g/mol. The first-order valence-electron chi connectivity index (χ1n) is 6.11. The third-order valence-corrected chi connectivity index (χ3v) is 3.26. The molecule has 1 rings (SSSR count). The fourth-order valence-electron chi connectivity index (χ4n) is 1.81. The second-order valence-electron chi connectivity index (χ2n) is 5.54. The van der Waals surface area contributed by atoms with E-state index in [1.54, 1.807) is 0 Å². The Balaban J connectivity index is 0.00000324. The average Bonchev–Trinajstić information content (AvgIpc) is 2.12. The zero-order chi connectivity index (χ0) is 13.9. The quantitative estimate of drug-likeness (QED) is 0.354. The third-order valence-electron chi connectivity index (χ3n) is 2.41. The van der Waals surface area contributed by atoms with E-state index in [2.05, 4.69) is 50.3 Å². The molecule has 0 fully saturated rings. The number of nitrogens with zero attached hydrogens (tertiary/aromatic N) is 1. The van der Waals surface area contributed by atoms with Crippen LogP contribution in [0.25, 0.3) is 0 Å². The Bertz CT molecular complexity index is 466. The Morgan fingerprint density at radius 1 is 1.32 bits per heavy atom. The normalized spacial score (nSPS) is 11.3. The van der Waals surface area contributed by atoms with Crippen LogP contribution in [0, 0.1) is 26.8 Å². The summed E-state index contributed by atoms with van der Waals surface area (Å²) < 4.78 is 5.70. The van der Waals surface area contributed by atoms with E-state index in [4.69, 9.17) is 4.43 Å². The van der Waals surface area contributed by atoms with Crippen molar-refractivity contribution < 1.29 is 23.0 Å². The van der Waals surface area contributed by atoms with Crippen LogP contribution < -0.4 is 0 Å². The number of hydrogen-bond acceptors (Lipinski definition) is 2. The molecule has 2 nitrogen and oxygen atoms in total. The van der Waals surface area contributed by atoms with E-state index in [0.29, 0.717) is 5.88 Å². The van der Waals surface area contributed by atoms with Crippen molar-refractivity contribution in [2.24, 2.45) is 4.99 Å². The minimum atomic E-state index is -1.62. The number of rotatable bonds is 4. The van der Waals surface area contributed by atoms with Crippen molar-refractivity contribution in [1.29, 1.82) is 0 Å². The molecule has 0 aliphatic rings. The molecule has 0 aromatic heterocycles. The molecule has 0 heterocycles. The first-order chi connectivity index (χ1) is 8.19. The number of aliphatic imine (C=N–C) groups is 1. The molecule has 0 atom stereocenters. The number of hydrogen-bond donors (Lipinski definition) is 0. The summed E-state index contributed by atoms with van der Waals surface area (Å²) in [6.07, 6.45) is 1.82. The Morgan fingerprint density at radius 2 is 1.89 bits per heavy atom. The minimum Gasteiger partial charge on any atom is -0.532 e. The van der Waals surface area contributed by atoms with E-state index in [1.165, 1.54) is 5.56 Å². The molecule has 0 amide bonds. The van der Waals surface area contributed by atoms with Crippen molar-refractivity contribution in [1.82, 2.24) is 0 Å². The van der Waals surface area contributed by atoms with Gasteiger partial charge in [-0.1, -0.05) is 20.8 Å². The van der Waals surface area contributed by atoms with E-state index in [1.807, 2.05) is 20.1 Å². The molecule has 0 unspecified atom stereocenters. The van der Waals surface area contributed by atoms with Gasteiger partial charge in [0.25, 0.3) is 0 Å². The second kappa shape index (κ2) is 7.13. The predicted molar refractivity (Wildman–Crippen MR) is 80.7 cm³/mol. The second-order valence-corrected chi connectivity index (χ2v) is 9.97. The molecule has 0 spiro atoms. The smallest absolute Gasteiger partial charge is 0.244 e. The Kier molecular flexibility index (Phi) is 6.84. The molecule has 1 aromatic rings. The van der Waals surface area contributed by atoms with Crippen LogP contribution in [0.1, 0.15) is 22.3 Å². The van der Waals surface area contributed by atoms with Gasteiger partial charge in [-0.15, -0.1) is 5.56 Å². The van der Waals surface area contributed by atoms with E-state index < -0.39 is 8.32 Å². The van der Waals surface area contributed by atoms with Crippen LogP contribution in [-0.4, -0.2) is 14.5 Å². The van der Waals surface area contributed by atoms with Gasteiger partial charge < -0.3 is 4.43 Å². The van der Waals surface area contributed by atoms with Crippen molar-refractivity contribution in [3.8, 4) is 0 Å². The number of benzene rings is 1. The van der Waals surface area contributed by atoms with Gasteiger partial charge in [-0.05, 0) is 32.4 Å². The summed E-state index contributed by atoms with van der Waals surface area (Å²) in [6.45, 7) is 16.4. The summed E-state index contributed by atoms with van der Waals surface area (Å²) in [7, 11) is -1.62. The van der Waals surface area contributed by atoms with E-state index in [0.717, 1.165) is 16.7 Å². The fourth-order valence-corrected chi connectivity index (χ4v) is 2.57. The van der Waals surface area contributed by atoms with Gasteiger partial charge in [0, 0.05) is 18.6 Å². The Labute approximate surface area is 130 Å². The summed E-state index contributed by atoms with van der Waals surface area (Å²) in [5.74, 6) is 0.494. The van der Waals surface area contributed by atoms with Crippen molar-refractivity contribution in [3.63, 3.8) is 0 Å². The molecule has 1 radical (unpaired) electrons. The Morgan fingerprint density at radius 3 is 2.37 bits per heavy atom. The van der Waals surface area contributed by atoms with Crippen LogP contribution in [0.15, 0.2) is 23.5 Å². The van der Waals surface area contributed by atoms with E-state index in [9.17, 15) is 0 Å². The maximum atomic E-state index is 5.70. The van der Waals surface area contributed by atoms with Gasteiger partial charge in [0.2, 0.25) is 8.32 Å². The van der Waals surface area contributed by atoms with Crippen molar-refractivity contribution in [3.05, 3.63) is 46.8 Å². The van der Waals surface area contributed by atoms with Crippen LogP contribution >= 0.6 is 0 Å². The maximum absolute atomic E-state index is 5.70. The van der Waals surface area contributed by atoms with E-state index in [-0.39, 0.29) is 18.6 Å². The van der Waals surface area contributed by atoms with Gasteiger partial charge in [0.1, 0.15) is 0 Å². The van der Waals surface area contributed by atoms with Crippen LogP contribution in [-0.2, 0) is 23.0 Å². The van der Waals surface area contributed by atoms with Crippen LogP contribution in [0.2, 0.25) is 19.6 Å². The first kappa shape index (κ1) is 18.2. The molecule has 4 heteroatoms. The molecule has 0 N–H and O–H groups in total. The van der Waals surface area contributed by atoms with Gasteiger partial charge in [-0.25, -0.2) is 4.99 Å². The SMILES string of the molecule is C=C(/N=C/c1c(C)[c-]c(C)cc1C)O[Si](C)(C)C.[V]. The molecule has 19 heavy (non-hydrogen) atoms. The predicted octanol–water partition coefficient (Wildman–Crippen LogP) is 4.15. The van der Waals surface area contributed by atoms with Gasteiger partial charge in [-0.3, -0.25) is 0 Å². The molecule has 0 aliphatic carbocycles. The summed E-state index contributed by atoms with van der Waals surface area (Å²) in [4.78, 5) is 4.30. The third kappa shape index (κ3) is 6.28. The van der Waals surface area contributed by atoms with Crippen LogP contribution in [0.5, 0.6) is 0 Å². The molecule has 0 saturated carbocycles. The van der Waals surface area contributed by atoms with Gasteiger partial charge >= 0.3 is 0 Å². The van der Waals surface area contributed by atoms with Crippen LogP contribution in [0.3, 0.4) is 0 Å².